The van der Waals surface area contributed by atoms with Gasteiger partial charge in [0.2, 0.25) is 0 Å². The molecule has 0 spiro atoms. The van der Waals surface area contributed by atoms with E-state index >= 15 is 0 Å². The van der Waals surface area contributed by atoms with Crippen LogP contribution in [0.15, 0.2) is 4.99 Å². The zero-order valence-corrected chi connectivity index (χ0v) is 20.6. The molecule has 2 unspecified atom stereocenters. The maximum atomic E-state index is 5.68. The molecule has 1 saturated carbocycles. The number of ether oxygens (including phenoxy) is 3. The molecule has 8 heteroatoms. The first kappa shape index (κ1) is 25.1. The Morgan fingerprint density at radius 3 is 2.55 bits per heavy atom. The minimum absolute atomic E-state index is 0. The van der Waals surface area contributed by atoms with E-state index in [2.05, 4.69) is 20.5 Å². The quantitative estimate of drug-likeness (QED) is 0.274. The first-order valence-electron chi connectivity index (χ1n) is 11.1. The van der Waals surface area contributed by atoms with E-state index in [0.29, 0.717) is 17.4 Å². The average molecular weight is 524 g/mol. The smallest absolute Gasteiger partial charge is 0.191 e. The third kappa shape index (κ3) is 7.48. The van der Waals surface area contributed by atoms with E-state index in [1.165, 1.54) is 25.7 Å². The van der Waals surface area contributed by atoms with Gasteiger partial charge in [0, 0.05) is 65.5 Å². The fraction of sp³-hybridized carbons (Fsp3) is 0.952. The van der Waals surface area contributed by atoms with Crippen LogP contribution in [0.1, 0.15) is 38.5 Å². The lowest BCUT2D eigenvalue weighted by Crippen LogP contribution is -2.54. The summed E-state index contributed by atoms with van der Waals surface area (Å²) >= 11 is 0. The Kier molecular flexibility index (Phi) is 11.5. The number of methoxy groups -OCH3 is 1. The fourth-order valence-electron chi connectivity index (χ4n) is 5.01. The molecule has 2 atom stereocenters. The van der Waals surface area contributed by atoms with E-state index in [9.17, 15) is 0 Å². The highest BCUT2D eigenvalue weighted by molar-refractivity contribution is 14.0. The van der Waals surface area contributed by atoms with Crippen LogP contribution in [0.2, 0.25) is 0 Å². The van der Waals surface area contributed by atoms with Crippen LogP contribution in [0.3, 0.4) is 0 Å². The van der Waals surface area contributed by atoms with Gasteiger partial charge in [-0.25, -0.2) is 0 Å². The molecule has 3 aliphatic rings. The van der Waals surface area contributed by atoms with E-state index in [1.807, 2.05) is 7.05 Å². The summed E-state index contributed by atoms with van der Waals surface area (Å²) in [6, 6.07) is 0.471. The SMILES string of the molecule is CN=C(NCC(C1CCOC1)N1CCOCC1)NCC1(CCOC)CCCC1.I. The second kappa shape index (κ2) is 13.3. The van der Waals surface area contributed by atoms with E-state index in [1.54, 1.807) is 7.11 Å². The second-order valence-corrected chi connectivity index (χ2v) is 8.60. The van der Waals surface area contributed by atoms with Crippen LogP contribution in [-0.4, -0.2) is 90.3 Å². The van der Waals surface area contributed by atoms with E-state index in [-0.39, 0.29) is 24.0 Å². The van der Waals surface area contributed by atoms with E-state index < -0.39 is 0 Å². The summed E-state index contributed by atoms with van der Waals surface area (Å²) in [6.45, 7) is 8.16. The van der Waals surface area contributed by atoms with Gasteiger partial charge in [0.1, 0.15) is 0 Å². The summed E-state index contributed by atoms with van der Waals surface area (Å²) < 4.78 is 16.6. The molecule has 2 heterocycles. The summed E-state index contributed by atoms with van der Waals surface area (Å²) in [7, 11) is 3.67. The summed E-state index contributed by atoms with van der Waals surface area (Å²) in [6.07, 6.45) is 7.52. The number of morpholine rings is 1. The summed E-state index contributed by atoms with van der Waals surface area (Å²) in [5.74, 6) is 1.51. The molecular formula is C21H41IN4O3. The molecule has 3 rings (SSSR count). The third-order valence-electron chi connectivity index (χ3n) is 6.86. The molecular weight excluding hydrogens is 483 g/mol. The van der Waals surface area contributed by atoms with Crippen LogP contribution in [0.25, 0.3) is 0 Å². The molecule has 0 aromatic carbocycles. The van der Waals surface area contributed by atoms with Gasteiger partial charge in [-0.2, -0.15) is 0 Å². The van der Waals surface area contributed by atoms with Gasteiger partial charge in [0.15, 0.2) is 5.96 Å². The van der Waals surface area contributed by atoms with Crippen molar-refractivity contribution in [1.82, 2.24) is 15.5 Å². The normalized spacial score (nSPS) is 26.1. The molecule has 0 aromatic rings. The van der Waals surface area contributed by atoms with Gasteiger partial charge >= 0.3 is 0 Å². The van der Waals surface area contributed by atoms with Crippen molar-refractivity contribution in [2.75, 3.05) is 73.4 Å². The highest BCUT2D eigenvalue weighted by Gasteiger charge is 2.34. The molecule has 29 heavy (non-hydrogen) atoms. The van der Waals surface area contributed by atoms with E-state index in [0.717, 1.165) is 78.0 Å². The standard InChI is InChI=1S/C21H40N4O3.HI/c1-22-20(24-17-21(8-12-26-2)6-3-4-7-21)23-15-19(18-5-11-28-16-18)25-9-13-27-14-10-25;/h18-19H,3-17H2,1-2H3,(H2,22,23,24);1H. The molecule has 0 amide bonds. The average Bonchev–Trinajstić information content (AvgIpc) is 3.43. The molecule has 2 saturated heterocycles. The van der Waals surface area contributed by atoms with Crippen molar-refractivity contribution in [2.45, 2.75) is 44.6 Å². The van der Waals surface area contributed by atoms with Crippen LogP contribution in [0.5, 0.6) is 0 Å². The number of hydrogen-bond donors (Lipinski definition) is 2. The number of rotatable bonds is 9. The summed E-state index contributed by atoms with van der Waals surface area (Å²) in [4.78, 5) is 7.06. The van der Waals surface area contributed by atoms with Crippen molar-refractivity contribution < 1.29 is 14.2 Å². The van der Waals surface area contributed by atoms with Crippen molar-refractivity contribution in [1.29, 1.82) is 0 Å². The van der Waals surface area contributed by atoms with Crippen LogP contribution in [0, 0.1) is 11.3 Å². The highest BCUT2D eigenvalue weighted by Crippen LogP contribution is 2.40. The van der Waals surface area contributed by atoms with E-state index in [4.69, 9.17) is 14.2 Å². The monoisotopic (exact) mass is 524 g/mol. The molecule has 0 aromatic heterocycles. The molecule has 170 valence electrons. The first-order valence-corrected chi connectivity index (χ1v) is 11.1. The lowest BCUT2D eigenvalue weighted by atomic mass is 9.83. The maximum Gasteiger partial charge on any atom is 0.191 e. The Balaban J connectivity index is 0.00000300. The third-order valence-corrected chi connectivity index (χ3v) is 6.86. The Hall–Kier alpha value is -0.160. The first-order chi connectivity index (χ1) is 13.8. The molecule has 3 fully saturated rings. The van der Waals surface area contributed by atoms with Crippen LogP contribution in [-0.2, 0) is 14.2 Å². The number of aliphatic imine (C=N–C) groups is 1. The Morgan fingerprint density at radius 1 is 1.17 bits per heavy atom. The minimum Gasteiger partial charge on any atom is -0.385 e. The molecule has 2 aliphatic heterocycles. The Labute approximate surface area is 193 Å². The van der Waals surface area contributed by atoms with Gasteiger partial charge < -0.3 is 24.8 Å². The number of guanidine groups is 1. The predicted octanol–water partition coefficient (Wildman–Crippen LogP) is 2.10. The van der Waals surface area contributed by atoms with Crippen molar-refractivity contribution >= 4 is 29.9 Å². The zero-order chi connectivity index (χ0) is 19.7. The Morgan fingerprint density at radius 2 is 1.93 bits per heavy atom. The molecule has 0 bridgehead atoms. The summed E-state index contributed by atoms with van der Waals surface area (Å²) in [5, 5.41) is 7.23. The van der Waals surface area contributed by atoms with Gasteiger partial charge in [0.05, 0.1) is 19.8 Å². The van der Waals surface area contributed by atoms with Gasteiger partial charge in [0.25, 0.3) is 0 Å². The molecule has 1 aliphatic carbocycles. The fourth-order valence-corrected chi connectivity index (χ4v) is 5.01. The van der Waals surface area contributed by atoms with Gasteiger partial charge in [-0.1, -0.05) is 12.8 Å². The lowest BCUT2D eigenvalue weighted by molar-refractivity contribution is 0.00245. The summed E-state index contributed by atoms with van der Waals surface area (Å²) in [5.41, 5.74) is 0.358. The van der Waals surface area contributed by atoms with Crippen LogP contribution in [0.4, 0.5) is 0 Å². The Bertz CT molecular complexity index is 477. The minimum atomic E-state index is 0. The number of nitrogens with zero attached hydrogens (tertiary/aromatic N) is 2. The van der Waals surface area contributed by atoms with Gasteiger partial charge in [-0.05, 0) is 31.1 Å². The van der Waals surface area contributed by atoms with Crippen molar-refractivity contribution in [2.24, 2.45) is 16.3 Å². The second-order valence-electron chi connectivity index (χ2n) is 8.60. The molecule has 2 N–H and O–H groups in total. The zero-order valence-electron chi connectivity index (χ0n) is 18.3. The number of nitrogens with one attached hydrogen (secondary N) is 2. The number of hydrogen-bond acceptors (Lipinski definition) is 5. The number of halogens is 1. The predicted molar refractivity (Wildman–Crippen MR) is 127 cm³/mol. The van der Waals surface area contributed by atoms with Gasteiger partial charge in [-0.3, -0.25) is 9.89 Å². The maximum absolute atomic E-state index is 5.68. The van der Waals surface area contributed by atoms with Crippen LogP contribution < -0.4 is 10.6 Å². The van der Waals surface area contributed by atoms with Gasteiger partial charge in [-0.15, -0.1) is 24.0 Å². The topological polar surface area (TPSA) is 67.4 Å². The lowest BCUT2D eigenvalue weighted by Gasteiger charge is -2.38. The highest BCUT2D eigenvalue weighted by atomic mass is 127. The molecule has 0 radical (unpaired) electrons. The molecule has 7 nitrogen and oxygen atoms in total. The van der Waals surface area contributed by atoms with Crippen molar-refractivity contribution in [3.05, 3.63) is 0 Å². The van der Waals surface area contributed by atoms with Crippen molar-refractivity contribution in [3.63, 3.8) is 0 Å². The van der Waals surface area contributed by atoms with Crippen molar-refractivity contribution in [3.8, 4) is 0 Å². The largest absolute Gasteiger partial charge is 0.385 e. The van der Waals surface area contributed by atoms with Crippen LogP contribution >= 0.6 is 24.0 Å².